The lowest BCUT2D eigenvalue weighted by molar-refractivity contribution is -0.428. The molecule has 0 spiro atoms. The summed E-state index contributed by atoms with van der Waals surface area (Å²) in [6.45, 7) is 15.6. The second-order valence-electron chi connectivity index (χ2n) is 15.0. The molecule has 17 nitrogen and oxygen atoms in total. The van der Waals surface area contributed by atoms with Crippen LogP contribution < -0.4 is 25.5 Å². The molecule has 0 saturated carbocycles. The van der Waals surface area contributed by atoms with Crippen LogP contribution in [-0.4, -0.2) is 155 Å². The molecule has 0 aromatic rings. The highest BCUT2D eigenvalue weighted by molar-refractivity contribution is 7.49. The fourth-order valence-corrected chi connectivity index (χ4v) is 7.44. The first-order valence-electron chi connectivity index (χ1n) is 18.8. The van der Waals surface area contributed by atoms with Gasteiger partial charge in [-0.25, -0.2) is 0 Å². The van der Waals surface area contributed by atoms with Gasteiger partial charge in [0.15, 0.2) is 0 Å². The van der Waals surface area contributed by atoms with E-state index in [4.69, 9.17) is 73.8 Å². The molecule has 0 bridgehead atoms. The summed E-state index contributed by atoms with van der Waals surface area (Å²) in [6.07, 6.45) is 0.105. The average molecular weight is 818 g/mol. The molecule has 312 valence electrons. The Balaban J connectivity index is 0.000000315. The molecule has 4 fully saturated rings. The molecular formula is C32H60B4N2O15P2-2. The van der Waals surface area contributed by atoms with Crippen molar-refractivity contribution in [3.05, 3.63) is 0 Å². The van der Waals surface area contributed by atoms with E-state index in [1.54, 1.807) is 0 Å². The number of quaternary nitrogens is 1. The van der Waals surface area contributed by atoms with E-state index in [0.717, 1.165) is 6.42 Å². The Kier molecular flexibility index (Phi) is 22.7. The monoisotopic (exact) mass is 818 g/mol. The number of hydrogen-bond acceptors (Lipinski definition) is 15. The Morgan fingerprint density at radius 2 is 1.00 bits per heavy atom. The predicted octanol–water partition coefficient (Wildman–Crippen LogP) is -1.57. The molecule has 1 unspecified atom stereocenters. The van der Waals surface area contributed by atoms with E-state index < -0.39 is 57.9 Å². The van der Waals surface area contributed by atoms with E-state index in [0.29, 0.717) is 25.9 Å². The molecule has 0 aromatic carbocycles. The highest BCUT2D eigenvalue weighted by Crippen LogP contribution is 2.37. The fraction of sp³-hybridized carbons (Fsp3) is 1.00. The lowest BCUT2D eigenvalue weighted by Gasteiger charge is -2.31. The summed E-state index contributed by atoms with van der Waals surface area (Å²) in [6, 6.07) is -1.96. The molecule has 4 rings (SSSR count). The van der Waals surface area contributed by atoms with Crippen LogP contribution in [0.15, 0.2) is 0 Å². The van der Waals surface area contributed by atoms with Gasteiger partial charge in [0.25, 0.3) is 0 Å². The van der Waals surface area contributed by atoms with E-state index in [2.05, 4.69) is 15.3 Å². The van der Waals surface area contributed by atoms with Gasteiger partial charge in [-0.1, -0.05) is 0 Å². The van der Waals surface area contributed by atoms with Crippen LogP contribution in [-0.2, 0) is 56.1 Å². The third-order valence-electron chi connectivity index (χ3n) is 8.36. The van der Waals surface area contributed by atoms with Gasteiger partial charge in [0.1, 0.15) is 55.7 Å². The van der Waals surface area contributed by atoms with Gasteiger partial charge in [0, 0.05) is 36.5 Å². The summed E-state index contributed by atoms with van der Waals surface area (Å²) in [5.41, 5.74) is 3.96. The molecule has 4 saturated heterocycles. The van der Waals surface area contributed by atoms with Gasteiger partial charge in [-0.15, -0.1) is 0 Å². The van der Waals surface area contributed by atoms with Crippen molar-refractivity contribution in [2.75, 3.05) is 26.4 Å². The minimum Gasteiger partial charge on any atom is -0.790 e. The molecule has 4 N–H and O–H groups in total. The van der Waals surface area contributed by atoms with E-state index in [-0.39, 0.29) is 74.6 Å². The molecular weight excluding hydrogens is 758 g/mol. The summed E-state index contributed by atoms with van der Waals surface area (Å²) < 4.78 is 75.8. The van der Waals surface area contributed by atoms with Crippen LogP contribution in [0.5, 0.6) is 0 Å². The normalized spacial score (nSPS) is 34.9. The second-order valence-corrected chi connectivity index (χ2v) is 17.7. The first kappa shape index (κ1) is 51.3. The topological polar surface area (TPSA) is 235 Å². The molecule has 13 atom stereocenters. The van der Waals surface area contributed by atoms with E-state index in [1.165, 1.54) is 0 Å². The Morgan fingerprint density at radius 1 is 0.600 bits per heavy atom. The standard InChI is InChI=1S/C16H30B2NO7P.C8H16BNO2.C8H16BO6P/c1-9(2)22-7-13-11(5-15(17)25-13)19-27(20,21)23-8-14-12(24-10(3)4)6-16(18)26-14;1-5(2)11-4-7-6(10)3-8(9)12-7;1-5(2)14-6-3-8(9)15-7(6)4-13-16(10,11)12/h9-16H,5-8H2,1-4H3,(H2,19,20,21);5-8H,3-4,10H2,1-2H3;5-8H,3-4H2,1-2H3,(H2,10,11,12)/p-2/t11-,12-,13-,14-,15-,16-;2*6-,7-,8-/m111/s1. The number of hydrogen-bond donors (Lipinski definition) is 2. The van der Waals surface area contributed by atoms with Crippen LogP contribution in [0.25, 0.3) is 0 Å². The van der Waals surface area contributed by atoms with Crippen molar-refractivity contribution in [2.45, 2.75) is 178 Å². The first-order chi connectivity index (χ1) is 25.4. The second kappa shape index (κ2) is 24.4. The minimum atomic E-state index is -4.98. The third-order valence-corrected chi connectivity index (χ3v) is 9.97. The SMILES string of the molecule is [B][C@H]1C[C@@H](NP(=O)([O-])OC[C@H]2O[C@@H]([B])C[C@H]2OC(C)C)[C@@H](COC(C)C)O1.[B][C@H]1C[C@@H](OC(C)C)[C@@H](COP(=O)([O-])[O-])O1.[B][C@H]1C[C@@H]([NH3+])[C@@H](COC(C)C)O1. The number of nitrogens with one attached hydrogen (secondary N) is 1. The van der Waals surface area contributed by atoms with Crippen LogP contribution >= 0.6 is 15.6 Å². The minimum absolute atomic E-state index is 0.00277. The first-order valence-corrected chi connectivity index (χ1v) is 21.8. The largest absolute Gasteiger partial charge is 0.790 e. The Hall–Kier alpha value is 0.120. The smallest absolute Gasteiger partial charge is 0.204 e. The van der Waals surface area contributed by atoms with Crippen molar-refractivity contribution in [3.8, 4) is 0 Å². The van der Waals surface area contributed by atoms with Crippen molar-refractivity contribution in [1.29, 1.82) is 0 Å². The van der Waals surface area contributed by atoms with Gasteiger partial charge in [-0.3, -0.25) is 9.65 Å². The zero-order valence-electron chi connectivity index (χ0n) is 33.4. The van der Waals surface area contributed by atoms with Gasteiger partial charge in [0.05, 0.1) is 77.0 Å². The van der Waals surface area contributed by atoms with Gasteiger partial charge >= 0.3 is 0 Å². The number of rotatable bonds is 18. The number of ether oxygens (including phenoxy) is 8. The zero-order chi connectivity index (χ0) is 41.7. The number of phosphoric acid groups is 1. The van der Waals surface area contributed by atoms with Crippen LogP contribution in [0.3, 0.4) is 0 Å². The molecule has 0 aromatic heterocycles. The van der Waals surface area contributed by atoms with Gasteiger partial charge in [-0.05, 0) is 74.7 Å². The maximum absolute atomic E-state index is 12.4. The molecule has 4 aliphatic rings. The van der Waals surface area contributed by atoms with E-state index in [9.17, 15) is 23.8 Å². The maximum Gasteiger partial charge on any atom is 0.204 e. The van der Waals surface area contributed by atoms with Crippen molar-refractivity contribution in [1.82, 2.24) is 5.09 Å². The van der Waals surface area contributed by atoms with Crippen molar-refractivity contribution >= 4 is 47.0 Å². The molecule has 0 amide bonds. The Labute approximate surface area is 332 Å². The lowest BCUT2D eigenvalue weighted by atomic mass is 9.95. The van der Waals surface area contributed by atoms with Crippen LogP contribution in [0.4, 0.5) is 0 Å². The summed E-state index contributed by atoms with van der Waals surface area (Å²) in [4.78, 5) is 33.0. The zero-order valence-corrected chi connectivity index (χ0v) is 35.2. The Bertz CT molecular complexity index is 1180. The Morgan fingerprint density at radius 3 is 1.42 bits per heavy atom. The van der Waals surface area contributed by atoms with E-state index in [1.807, 2.05) is 55.4 Å². The molecule has 4 aliphatic heterocycles. The van der Waals surface area contributed by atoms with Gasteiger partial charge in [0.2, 0.25) is 7.75 Å². The maximum atomic E-state index is 12.4. The lowest BCUT2D eigenvalue weighted by Crippen LogP contribution is -2.65. The molecule has 4 heterocycles. The van der Waals surface area contributed by atoms with Crippen LogP contribution in [0.1, 0.15) is 81.1 Å². The third kappa shape index (κ3) is 21.3. The summed E-state index contributed by atoms with van der Waals surface area (Å²) in [5, 5.41) is 2.52. The fourth-order valence-electron chi connectivity index (χ4n) is 6.01. The van der Waals surface area contributed by atoms with Crippen molar-refractivity contribution in [2.24, 2.45) is 0 Å². The highest BCUT2D eigenvalue weighted by atomic mass is 31.2. The van der Waals surface area contributed by atoms with E-state index >= 15 is 0 Å². The summed E-state index contributed by atoms with van der Waals surface area (Å²) >= 11 is 0. The predicted molar refractivity (Wildman–Crippen MR) is 199 cm³/mol. The highest BCUT2D eigenvalue weighted by Gasteiger charge is 2.38. The quantitative estimate of drug-likeness (QED) is 0.117. The molecule has 55 heavy (non-hydrogen) atoms. The van der Waals surface area contributed by atoms with Gasteiger partial charge < -0.3 is 71.9 Å². The van der Waals surface area contributed by atoms with Crippen LogP contribution in [0.2, 0.25) is 0 Å². The summed E-state index contributed by atoms with van der Waals surface area (Å²) in [7, 11) is 13.4. The molecule has 23 heteroatoms. The van der Waals surface area contributed by atoms with Gasteiger partial charge in [-0.2, -0.15) is 0 Å². The number of phosphoric ester groups is 1. The van der Waals surface area contributed by atoms with Crippen molar-refractivity contribution in [3.63, 3.8) is 0 Å². The van der Waals surface area contributed by atoms with Crippen molar-refractivity contribution < 1.29 is 76.5 Å². The average Bonchev–Trinajstić information content (AvgIpc) is 3.77. The van der Waals surface area contributed by atoms with Crippen LogP contribution in [0, 0.1) is 0 Å². The summed E-state index contributed by atoms with van der Waals surface area (Å²) in [5.74, 6) is 0. The molecule has 0 aliphatic carbocycles. The molecule has 8 radical (unpaired) electrons.